The van der Waals surface area contributed by atoms with Crippen molar-refractivity contribution < 1.29 is 9.53 Å². The Morgan fingerprint density at radius 1 is 1.36 bits per heavy atom. The fraction of sp³-hybridized carbons (Fsp3) is 0.588. The molecule has 5 nitrogen and oxygen atoms in total. The van der Waals surface area contributed by atoms with Crippen LogP contribution < -0.4 is 15.8 Å². The molecule has 1 fully saturated rings. The van der Waals surface area contributed by atoms with E-state index in [9.17, 15) is 4.79 Å². The van der Waals surface area contributed by atoms with E-state index in [1.165, 1.54) is 6.42 Å². The molecule has 1 saturated heterocycles. The van der Waals surface area contributed by atoms with Crippen LogP contribution in [0.5, 0.6) is 5.75 Å². The van der Waals surface area contributed by atoms with Crippen LogP contribution in [0.15, 0.2) is 18.2 Å². The molecule has 0 aromatic heterocycles. The van der Waals surface area contributed by atoms with Crippen molar-refractivity contribution in [1.82, 2.24) is 4.90 Å². The molecule has 3 N–H and O–H groups in total. The van der Waals surface area contributed by atoms with Crippen LogP contribution in [0.4, 0.5) is 11.4 Å². The Hall–Kier alpha value is -1.75. The maximum absolute atomic E-state index is 12.6. The smallest absolute Gasteiger partial charge is 0.241 e. The number of nitrogens with one attached hydrogen (secondary N) is 1. The molecule has 1 aliphatic rings. The zero-order chi connectivity index (χ0) is 16.3. The standard InChI is InChI=1S/C17H27N3O2/c1-11-6-5-7-12(2)20(11)13(3)17(21)19-15-9-8-14(18)10-16(15)22-4/h8-13H,5-7,18H2,1-4H3,(H,19,21). The van der Waals surface area contributed by atoms with Gasteiger partial charge in [-0.05, 0) is 45.7 Å². The van der Waals surface area contributed by atoms with E-state index in [2.05, 4.69) is 24.1 Å². The van der Waals surface area contributed by atoms with Crippen LogP contribution in [0.3, 0.4) is 0 Å². The number of methoxy groups -OCH3 is 1. The molecule has 0 aliphatic carbocycles. The third kappa shape index (κ3) is 3.53. The molecule has 0 spiro atoms. The number of ether oxygens (including phenoxy) is 1. The molecule has 3 unspecified atom stereocenters. The van der Waals surface area contributed by atoms with Gasteiger partial charge in [0.05, 0.1) is 18.8 Å². The number of likely N-dealkylation sites (tertiary alicyclic amines) is 1. The molecule has 1 aromatic rings. The van der Waals surface area contributed by atoms with Gasteiger partial charge in [0.2, 0.25) is 5.91 Å². The highest BCUT2D eigenvalue weighted by molar-refractivity contribution is 5.96. The summed E-state index contributed by atoms with van der Waals surface area (Å²) in [4.78, 5) is 14.9. The summed E-state index contributed by atoms with van der Waals surface area (Å²) in [5, 5.41) is 2.97. The molecule has 2 rings (SSSR count). The minimum atomic E-state index is -0.174. The van der Waals surface area contributed by atoms with Gasteiger partial charge in [0, 0.05) is 23.8 Å². The topological polar surface area (TPSA) is 67.6 Å². The van der Waals surface area contributed by atoms with Gasteiger partial charge in [0.25, 0.3) is 0 Å². The first-order valence-electron chi connectivity index (χ1n) is 7.96. The predicted molar refractivity (Wildman–Crippen MR) is 90.1 cm³/mol. The van der Waals surface area contributed by atoms with Crippen LogP contribution in [0, 0.1) is 0 Å². The Balaban J connectivity index is 2.11. The van der Waals surface area contributed by atoms with Gasteiger partial charge in [-0.15, -0.1) is 0 Å². The predicted octanol–water partition coefficient (Wildman–Crippen LogP) is 2.87. The lowest BCUT2D eigenvalue weighted by molar-refractivity contribution is -0.123. The number of hydrogen-bond acceptors (Lipinski definition) is 4. The van der Waals surface area contributed by atoms with Gasteiger partial charge >= 0.3 is 0 Å². The molecule has 1 aromatic carbocycles. The largest absolute Gasteiger partial charge is 0.494 e. The number of nitrogens with zero attached hydrogens (tertiary/aromatic N) is 1. The van der Waals surface area contributed by atoms with Crippen LogP contribution in [0.1, 0.15) is 40.0 Å². The first-order valence-corrected chi connectivity index (χ1v) is 7.96. The quantitative estimate of drug-likeness (QED) is 0.839. The highest BCUT2D eigenvalue weighted by Gasteiger charge is 2.32. The number of amides is 1. The van der Waals surface area contributed by atoms with Crippen molar-refractivity contribution in [2.75, 3.05) is 18.2 Å². The van der Waals surface area contributed by atoms with Crippen LogP contribution >= 0.6 is 0 Å². The SMILES string of the molecule is COc1cc(N)ccc1NC(=O)C(C)N1C(C)CCCC1C. The van der Waals surface area contributed by atoms with Gasteiger partial charge in [0.1, 0.15) is 5.75 Å². The van der Waals surface area contributed by atoms with Gasteiger partial charge in [-0.3, -0.25) is 9.69 Å². The van der Waals surface area contributed by atoms with Crippen molar-refractivity contribution in [3.63, 3.8) is 0 Å². The molecule has 0 bridgehead atoms. The second-order valence-electron chi connectivity index (χ2n) is 6.20. The zero-order valence-electron chi connectivity index (χ0n) is 13.9. The summed E-state index contributed by atoms with van der Waals surface area (Å²) >= 11 is 0. The van der Waals surface area contributed by atoms with Crippen molar-refractivity contribution in [2.24, 2.45) is 0 Å². The van der Waals surface area contributed by atoms with E-state index in [0.29, 0.717) is 29.2 Å². The number of nitrogen functional groups attached to an aromatic ring is 1. The number of rotatable bonds is 4. The summed E-state index contributed by atoms with van der Waals surface area (Å²) in [5.41, 5.74) is 7.02. The Morgan fingerprint density at radius 2 is 2.00 bits per heavy atom. The van der Waals surface area contributed by atoms with Crippen molar-refractivity contribution >= 4 is 17.3 Å². The van der Waals surface area contributed by atoms with Crippen LogP contribution in [-0.2, 0) is 4.79 Å². The summed E-state index contributed by atoms with van der Waals surface area (Å²) < 4.78 is 5.29. The number of anilines is 2. The summed E-state index contributed by atoms with van der Waals surface area (Å²) in [7, 11) is 1.57. The number of hydrogen-bond donors (Lipinski definition) is 2. The van der Waals surface area contributed by atoms with Crippen LogP contribution in [0.2, 0.25) is 0 Å². The van der Waals surface area contributed by atoms with Crippen LogP contribution in [0.25, 0.3) is 0 Å². The first kappa shape index (κ1) is 16.6. The maximum atomic E-state index is 12.6. The molecule has 5 heteroatoms. The van der Waals surface area contributed by atoms with E-state index in [4.69, 9.17) is 10.5 Å². The van der Waals surface area contributed by atoms with E-state index >= 15 is 0 Å². The molecular formula is C17H27N3O2. The Labute approximate surface area is 132 Å². The summed E-state index contributed by atoms with van der Waals surface area (Å²) in [6.45, 7) is 6.36. The van der Waals surface area contributed by atoms with Gasteiger partial charge in [-0.25, -0.2) is 0 Å². The van der Waals surface area contributed by atoms with Gasteiger partial charge < -0.3 is 15.8 Å². The van der Waals surface area contributed by atoms with E-state index in [0.717, 1.165) is 12.8 Å². The molecule has 1 aliphatic heterocycles. The Morgan fingerprint density at radius 3 is 2.59 bits per heavy atom. The van der Waals surface area contributed by atoms with Crippen LogP contribution in [-0.4, -0.2) is 36.0 Å². The minimum absolute atomic E-state index is 0.0105. The average molecular weight is 305 g/mol. The second-order valence-corrected chi connectivity index (χ2v) is 6.20. The third-order valence-corrected chi connectivity index (χ3v) is 4.57. The molecular weight excluding hydrogens is 278 g/mol. The van der Waals surface area contributed by atoms with Gasteiger partial charge in [0.15, 0.2) is 0 Å². The van der Waals surface area contributed by atoms with Gasteiger partial charge in [-0.1, -0.05) is 6.42 Å². The Kier molecular flexibility index (Phi) is 5.29. The number of carbonyl (C=O) groups excluding carboxylic acids is 1. The molecule has 122 valence electrons. The van der Waals surface area contributed by atoms with E-state index in [1.807, 2.05) is 6.92 Å². The number of benzene rings is 1. The fourth-order valence-corrected chi connectivity index (χ4v) is 3.39. The lowest BCUT2D eigenvalue weighted by Crippen LogP contribution is -2.53. The molecule has 0 radical (unpaired) electrons. The molecule has 3 atom stereocenters. The summed E-state index contributed by atoms with van der Waals surface area (Å²) in [5.74, 6) is 0.573. The normalized spacial score (nSPS) is 23.8. The van der Waals surface area contributed by atoms with Gasteiger partial charge in [-0.2, -0.15) is 0 Å². The Bertz CT molecular complexity index is 523. The first-order chi connectivity index (χ1) is 10.4. The lowest BCUT2D eigenvalue weighted by Gasteiger charge is -2.42. The minimum Gasteiger partial charge on any atom is -0.494 e. The van der Waals surface area contributed by atoms with Crippen molar-refractivity contribution in [1.29, 1.82) is 0 Å². The van der Waals surface area contributed by atoms with E-state index in [-0.39, 0.29) is 11.9 Å². The highest BCUT2D eigenvalue weighted by Crippen LogP contribution is 2.28. The molecule has 1 amide bonds. The summed E-state index contributed by atoms with van der Waals surface area (Å²) in [6, 6.07) is 5.94. The summed E-state index contributed by atoms with van der Waals surface area (Å²) in [6.07, 6.45) is 3.53. The van der Waals surface area contributed by atoms with Crippen molar-refractivity contribution in [2.45, 2.75) is 58.2 Å². The van der Waals surface area contributed by atoms with Crippen molar-refractivity contribution in [3.05, 3.63) is 18.2 Å². The van der Waals surface area contributed by atoms with E-state index in [1.54, 1.807) is 25.3 Å². The molecule has 1 heterocycles. The maximum Gasteiger partial charge on any atom is 0.241 e. The van der Waals surface area contributed by atoms with E-state index < -0.39 is 0 Å². The number of nitrogens with two attached hydrogens (primary N) is 1. The monoisotopic (exact) mass is 305 g/mol. The fourth-order valence-electron chi connectivity index (χ4n) is 3.39. The average Bonchev–Trinajstić information content (AvgIpc) is 2.48. The third-order valence-electron chi connectivity index (χ3n) is 4.57. The van der Waals surface area contributed by atoms with Crippen molar-refractivity contribution in [3.8, 4) is 5.75 Å². The number of piperidine rings is 1. The lowest BCUT2D eigenvalue weighted by atomic mass is 9.95. The molecule has 22 heavy (non-hydrogen) atoms. The number of carbonyl (C=O) groups is 1. The highest BCUT2D eigenvalue weighted by atomic mass is 16.5. The zero-order valence-corrected chi connectivity index (χ0v) is 13.9. The second kappa shape index (κ2) is 7.01. The molecule has 0 saturated carbocycles.